The molecule has 0 N–H and O–H groups in total. The van der Waals surface area contributed by atoms with Crippen LogP contribution in [0.5, 0.6) is 0 Å². The molecular formula is C35H24N4S. The van der Waals surface area contributed by atoms with Crippen LogP contribution in [-0.4, -0.2) is 19.1 Å². The minimum absolute atomic E-state index is 0.958. The topological polar surface area (TPSA) is 35.6 Å². The molecule has 0 bridgehead atoms. The van der Waals surface area contributed by atoms with Crippen LogP contribution in [0.15, 0.2) is 127 Å². The van der Waals surface area contributed by atoms with Crippen LogP contribution in [0.3, 0.4) is 0 Å². The fourth-order valence-corrected chi connectivity index (χ4v) is 6.62. The lowest BCUT2D eigenvalue weighted by Crippen LogP contribution is -1.97. The molecule has 190 valence electrons. The maximum Gasteiger partial charge on any atom is 0.140 e. The molecule has 0 atom stereocenters. The molecule has 0 fully saturated rings. The summed E-state index contributed by atoms with van der Waals surface area (Å²) in [7, 11) is 2.10. The first-order valence-electron chi connectivity index (χ1n) is 13.3. The van der Waals surface area contributed by atoms with Gasteiger partial charge in [0.15, 0.2) is 0 Å². The standard InChI is InChI=1S/C35H24N4S/c1-38-31-16-5-3-14-29(31)37-35(38)24-21-27(33-17-9-19-40-33)34-26-12-2-4-15-30(26)39(32(34)22-24)25-11-8-10-23(20-25)28-13-6-7-18-36-28/h2-22H,1H3. The number of hydrogen-bond acceptors (Lipinski definition) is 3. The predicted octanol–water partition coefficient (Wildman–Crippen LogP) is 9.13. The van der Waals surface area contributed by atoms with Crippen LogP contribution in [0.2, 0.25) is 0 Å². The van der Waals surface area contributed by atoms with Gasteiger partial charge in [-0.2, -0.15) is 0 Å². The van der Waals surface area contributed by atoms with Gasteiger partial charge in [0.25, 0.3) is 0 Å². The van der Waals surface area contributed by atoms with Crippen LogP contribution < -0.4 is 0 Å². The van der Waals surface area contributed by atoms with Crippen LogP contribution >= 0.6 is 11.3 Å². The molecule has 0 saturated carbocycles. The Hall–Kier alpha value is -5.00. The Balaban J connectivity index is 1.48. The summed E-state index contributed by atoms with van der Waals surface area (Å²) in [5.41, 5.74) is 9.94. The smallest absolute Gasteiger partial charge is 0.140 e. The van der Waals surface area contributed by atoms with E-state index < -0.39 is 0 Å². The fraction of sp³-hybridized carbons (Fsp3) is 0.0286. The quantitative estimate of drug-likeness (QED) is 0.227. The Morgan fingerprint density at radius 1 is 0.675 bits per heavy atom. The van der Waals surface area contributed by atoms with Crippen LogP contribution in [-0.2, 0) is 7.05 Å². The first-order valence-corrected chi connectivity index (χ1v) is 14.2. The van der Waals surface area contributed by atoms with Gasteiger partial charge in [-0.15, -0.1) is 11.3 Å². The number of hydrogen-bond donors (Lipinski definition) is 0. The molecule has 4 nitrogen and oxygen atoms in total. The molecule has 0 amide bonds. The van der Waals surface area contributed by atoms with Crippen LogP contribution in [0.4, 0.5) is 0 Å². The summed E-state index contributed by atoms with van der Waals surface area (Å²) in [6.07, 6.45) is 1.85. The molecule has 8 rings (SSSR count). The monoisotopic (exact) mass is 532 g/mol. The maximum absolute atomic E-state index is 5.07. The molecule has 0 unspecified atom stereocenters. The van der Waals surface area contributed by atoms with Crippen molar-refractivity contribution >= 4 is 44.2 Å². The zero-order chi connectivity index (χ0) is 26.6. The van der Waals surface area contributed by atoms with E-state index in [2.05, 4.69) is 124 Å². The summed E-state index contributed by atoms with van der Waals surface area (Å²) < 4.78 is 4.59. The lowest BCUT2D eigenvalue weighted by molar-refractivity contribution is 0.959. The Morgan fingerprint density at radius 2 is 1.52 bits per heavy atom. The van der Waals surface area contributed by atoms with Gasteiger partial charge in [-0.1, -0.05) is 54.6 Å². The highest BCUT2D eigenvalue weighted by molar-refractivity contribution is 7.13. The SMILES string of the molecule is Cn1c(-c2cc(-c3cccs3)c3c4ccccc4n(-c4cccc(-c5ccccn5)c4)c3c2)nc2ccccc21. The second-order valence-electron chi connectivity index (χ2n) is 10.00. The number of aryl methyl sites for hydroxylation is 1. The number of aromatic nitrogens is 4. The highest BCUT2D eigenvalue weighted by atomic mass is 32.1. The summed E-state index contributed by atoms with van der Waals surface area (Å²) >= 11 is 1.77. The number of nitrogens with zero attached hydrogens (tertiary/aromatic N) is 4. The van der Waals surface area contributed by atoms with E-state index in [1.807, 2.05) is 24.4 Å². The van der Waals surface area contributed by atoms with Crippen LogP contribution in [0, 0.1) is 0 Å². The van der Waals surface area contributed by atoms with E-state index in [-0.39, 0.29) is 0 Å². The fourth-order valence-electron chi connectivity index (χ4n) is 5.87. The van der Waals surface area contributed by atoms with Crippen molar-refractivity contribution in [3.63, 3.8) is 0 Å². The van der Waals surface area contributed by atoms with Crippen LogP contribution in [0.25, 0.3) is 71.6 Å². The van der Waals surface area contributed by atoms with Gasteiger partial charge < -0.3 is 9.13 Å². The van der Waals surface area contributed by atoms with Crippen molar-refractivity contribution in [2.75, 3.05) is 0 Å². The number of fused-ring (bicyclic) bond motifs is 4. The second-order valence-corrected chi connectivity index (χ2v) is 10.9. The van der Waals surface area contributed by atoms with Gasteiger partial charge in [-0.3, -0.25) is 4.98 Å². The van der Waals surface area contributed by atoms with Gasteiger partial charge in [0, 0.05) is 51.3 Å². The number of imidazole rings is 1. The number of rotatable bonds is 4. The molecule has 4 aromatic carbocycles. The van der Waals surface area contributed by atoms with E-state index in [1.54, 1.807) is 11.3 Å². The second kappa shape index (κ2) is 9.04. The third kappa shape index (κ3) is 3.52. The molecule has 0 aliphatic heterocycles. The lowest BCUT2D eigenvalue weighted by Gasteiger charge is -2.12. The summed E-state index contributed by atoms with van der Waals surface area (Å²) in [6, 6.07) is 40.7. The predicted molar refractivity (Wildman–Crippen MR) is 167 cm³/mol. The van der Waals surface area contributed by atoms with Gasteiger partial charge >= 0.3 is 0 Å². The van der Waals surface area contributed by atoms with E-state index >= 15 is 0 Å². The highest BCUT2D eigenvalue weighted by Gasteiger charge is 2.20. The minimum Gasteiger partial charge on any atom is -0.327 e. The van der Waals surface area contributed by atoms with E-state index in [0.717, 1.165) is 44.9 Å². The first kappa shape index (κ1) is 22.9. The van der Waals surface area contributed by atoms with Crippen molar-refractivity contribution in [3.05, 3.63) is 127 Å². The average molecular weight is 533 g/mol. The molecule has 0 saturated heterocycles. The molecule has 0 radical (unpaired) electrons. The largest absolute Gasteiger partial charge is 0.327 e. The van der Waals surface area contributed by atoms with Gasteiger partial charge in [0.05, 0.1) is 27.8 Å². The Kier molecular flexibility index (Phi) is 5.18. The van der Waals surface area contributed by atoms with Gasteiger partial charge in [0.2, 0.25) is 0 Å². The van der Waals surface area contributed by atoms with E-state index in [4.69, 9.17) is 4.98 Å². The van der Waals surface area contributed by atoms with Crippen molar-refractivity contribution in [3.8, 4) is 38.8 Å². The molecule has 0 spiro atoms. The summed E-state index contributed by atoms with van der Waals surface area (Å²) in [4.78, 5) is 10.9. The molecule has 40 heavy (non-hydrogen) atoms. The zero-order valence-corrected chi connectivity index (χ0v) is 22.6. The molecule has 8 aromatic rings. The summed E-state index contributed by atoms with van der Waals surface area (Å²) in [6.45, 7) is 0. The van der Waals surface area contributed by atoms with Crippen molar-refractivity contribution in [1.82, 2.24) is 19.1 Å². The molecule has 0 aliphatic rings. The molecule has 4 heterocycles. The van der Waals surface area contributed by atoms with Gasteiger partial charge in [-0.05, 0) is 66.0 Å². The summed E-state index contributed by atoms with van der Waals surface area (Å²) in [5.74, 6) is 0.958. The first-order chi connectivity index (χ1) is 19.8. The average Bonchev–Trinajstić information content (AvgIpc) is 3.74. The number of benzene rings is 4. The summed E-state index contributed by atoms with van der Waals surface area (Å²) in [5, 5.41) is 4.64. The number of para-hydroxylation sites is 3. The van der Waals surface area contributed by atoms with Crippen molar-refractivity contribution in [2.45, 2.75) is 0 Å². The van der Waals surface area contributed by atoms with E-state index in [9.17, 15) is 0 Å². The minimum atomic E-state index is 0.958. The van der Waals surface area contributed by atoms with E-state index in [0.29, 0.717) is 0 Å². The number of pyridine rings is 1. The Morgan fingerprint density at radius 3 is 2.35 bits per heavy atom. The normalized spacial score (nSPS) is 11.6. The molecule has 0 aliphatic carbocycles. The zero-order valence-electron chi connectivity index (χ0n) is 21.8. The van der Waals surface area contributed by atoms with Crippen molar-refractivity contribution < 1.29 is 0 Å². The molecular weight excluding hydrogens is 508 g/mol. The Labute approximate surface area is 235 Å². The Bertz CT molecular complexity index is 2170. The third-order valence-corrected chi connectivity index (χ3v) is 8.57. The lowest BCUT2D eigenvalue weighted by atomic mass is 10.0. The molecule has 4 aromatic heterocycles. The molecule has 5 heteroatoms. The maximum atomic E-state index is 5.07. The highest BCUT2D eigenvalue weighted by Crippen LogP contribution is 2.43. The van der Waals surface area contributed by atoms with Crippen molar-refractivity contribution in [1.29, 1.82) is 0 Å². The number of thiophene rings is 1. The van der Waals surface area contributed by atoms with Gasteiger partial charge in [0.1, 0.15) is 5.82 Å². The van der Waals surface area contributed by atoms with E-state index in [1.165, 1.54) is 26.7 Å². The third-order valence-electron chi connectivity index (χ3n) is 7.67. The van der Waals surface area contributed by atoms with Gasteiger partial charge in [-0.25, -0.2) is 4.98 Å². The van der Waals surface area contributed by atoms with Crippen LogP contribution in [0.1, 0.15) is 0 Å². The van der Waals surface area contributed by atoms with Crippen molar-refractivity contribution in [2.24, 2.45) is 7.05 Å².